The third kappa shape index (κ3) is 2.21. The first-order chi connectivity index (χ1) is 9.38. The molecule has 2 aromatic rings. The van der Waals surface area contributed by atoms with Crippen LogP contribution in [0.3, 0.4) is 0 Å². The number of hydrogen-bond acceptors (Lipinski definition) is 1. The van der Waals surface area contributed by atoms with Crippen molar-refractivity contribution in [3.05, 3.63) is 34.5 Å². The van der Waals surface area contributed by atoms with Gasteiger partial charge < -0.3 is 9.67 Å². The number of aromatic nitrogens is 1. The molecule has 108 valence electrons. The Labute approximate surface area is 120 Å². The minimum Gasteiger partial charge on any atom is -0.478 e. The van der Waals surface area contributed by atoms with Crippen molar-refractivity contribution < 1.29 is 9.90 Å². The lowest BCUT2D eigenvalue weighted by Crippen LogP contribution is -2.05. The maximum absolute atomic E-state index is 11.6. The number of aryl methyl sites for hydroxylation is 2. The summed E-state index contributed by atoms with van der Waals surface area (Å²) in [6, 6.07) is 3.90. The van der Waals surface area contributed by atoms with Crippen molar-refractivity contribution in [2.75, 3.05) is 0 Å². The number of aromatic carboxylic acids is 1. The molecule has 0 amide bonds. The van der Waals surface area contributed by atoms with Gasteiger partial charge >= 0.3 is 5.97 Å². The maximum Gasteiger partial charge on any atom is 0.337 e. The number of carbonyl (C=O) groups is 1. The van der Waals surface area contributed by atoms with Gasteiger partial charge in [-0.15, -0.1) is 0 Å². The molecule has 20 heavy (non-hydrogen) atoms. The van der Waals surface area contributed by atoms with Crippen LogP contribution in [-0.2, 0) is 6.54 Å². The summed E-state index contributed by atoms with van der Waals surface area (Å²) in [4.78, 5) is 11.6. The van der Waals surface area contributed by atoms with Crippen molar-refractivity contribution in [3.8, 4) is 0 Å². The first kappa shape index (κ1) is 14.6. The van der Waals surface area contributed by atoms with Gasteiger partial charge in [-0.05, 0) is 49.4 Å². The summed E-state index contributed by atoms with van der Waals surface area (Å²) in [6.45, 7) is 11.4. The fourth-order valence-corrected chi connectivity index (χ4v) is 3.18. The second-order valence-electron chi connectivity index (χ2n) is 5.82. The van der Waals surface area contributed by atoms with Crippen LogP contribution in [-0.4, -0.2) is 15.6 Å². The van der Waals surface area contributed by atoms with Gasteiger partial charge in [-0.2, -0.15) is 0 Å². The van der Waals surface area contributed by atoms with E-state index in [9.17, 15) is 9.90 Å². The molecular weight excluding hydrogens is 250 g/mol. The second kappa shape index (κ2) is 5.31. The van der Waals surface area contributed by atoms with Gasteiger partial charge in [0.25, 0.3) is 0 Å². The first-order valence-electron chi connectivity index (χ1n) is 7.25. The van der Waals surface area contributed by atoms with E-state index in [4.69, 9.17) is 0 Å². The molecule has 0 atom stereocenters. The maximum atomic E-state index is 11.6. The van der Waals surface area contributed by atoms with E-state index in [0.717, 1.165) is 29.4 Å². The summed E-state index contributed by atoms with van der Waals surface area (Å²) < 4.78 is 2.17. The molecule has 0 saturated heterocycles. The fraction of sp³-hybridized carbons (Fsp3) is 0.471. The van der Waals surface area contributed by atoms with Crippen molar-refractivity contribution in [2.45, 2.75) is 53.5 Å². The predicted octanol–water partition coefficient (Wildman–Crippen LogP) is 4.49. The molecule has 0 aliphatic heterocycles. The van der Waals surface area contributed by atoms with E-state index in [1.165, 1.54) is 11.3 Å². The second-order valence-corrected chi connectivity index (χ2v) is 5.82. The molecule has 0 saturated carbocycles. The number of carboxylic acid groups (broad SMARTS) is 1. The van der Waals surface area contributed by atoms with Gasteiger partial charge in [-0.3, -0.25) is 0 Å². The van der Waals surface area contributed by atoms with E-state index in [-0.39, 0.29) is 0 Å². The topological polar surface area (TPSA) is 42.2 Å². The third-order valence-electron chi connectivity index (χ3n) is 3.86. The highest BCUT2D eigenvalue weighted by Gasteiger charge is 2.21. The molecule has 1 heterocycles. The van der Waals surface area contributed by atoms with Crippen LogP contribution < -0.4 is 0 Å². The van der Waals surface area contributed by atoms with Crippen LogP contribution in [0.1, 0.15) is 60.3 Å². The van der Waals surface area contributed by atoms with Crippen molar-refractivity contribution in [2.24, 2.45) is 0 Å². The van der Waals surface area contributed by atoms with E-state index < -0.39 is 5.97 Å². The molecule has 3 heteroatoms. The molecule has 0 radical (unpaired) electrons. The standard InChI is InChI=1S/C17H23NO2/c1-6-7-18-12(5)15(10(2)3)13-8-11(4)9-14(16(13)18)17(19)20/h8-10H,6-7H2,1-5H3,(H,19,20). The molecule has 2 rings (SSSR count). The molecule has 1 N–H and O–H groups in total. The monoisotopic (exact) mass is 273 g/mol. The molecule has 0 spiro atoms. The van der Waals surface area contributed by atoms with Gasteiger partial charge in [0.05, 0.1) is 11.1 Å². The number of rotatable bonds is 4. The number of benzene rings is 1. The fourth-order valence-electron chi connectivity index (χ4n) is 3.18. The van der Waals surface area contributed by atoms with Crippen LogP contribution in [0, 0.1) is 13.8 Å². The third-order valence-corrected chi connectivity index (χ3v) is 3.86. The minimum absolute atomic E-state index is 0.388. The zero-order valence-corrected chi connectivity index (χ0v) is 12.9. The van der Waals surface area contributed by atoms with Crippen LogP contribution in [0.4, 0.5) is 0 Å². The lowest BCUT2D eigenvalue weighted by Gasteiger charge is -2.09. The van der Waals surface area contributed by atoms with Gasteiger partial charge in [-0.25, -0.2) is 4.79 Å². The molecule has 0 fully saturated rings. The molecule has 1 aromatic heterocycles. The Morgan fingerprint density at radius 1 is 1.30 bits per heavy atom. The van der Waals surface area contributed by atoms with Crippen molar-refractivity contribution >= 4 is 16.9 Å². The number of fused-ring (bicyclic) bond motifs is 1. The van der Waals surface area contributed by atoms with Crippen LogP contribution in [0.5, 0.6) is 0 Å². The Kier molecular flexibility index (Phi) is 3.89. The number of hydrogen-bond donors (Lipinski definition) is 1. The molecule has 0 bridgehead atoms. The zero-order chi connectivity index (χ0) is 15.0. The van der Waals surface area contributed by atoms with Crippen LogP contribution in [0.15, 0.2) is 12.1 Å². The van der Waals surface area contributed by atoms with E-state index in [2.05, 4.69) is 38.3 Å². The average molecular weight is 273 g/mol. The molecular formula is C17H23NO2. The summed E-state index contributed by atoms with van der Waals surface area (Å²) in [5.74, 6) is -0.456. The van der Waals surface area contributed by atoms with Crippen molar-refractivity contribution in [3.63, 3.8) is 0 Å². The Morgan fingerprint density at radius 2 is 1.95 bits per heavy atom. The van der Waals surface area contributed by atoms with Gasteiger partial charge in [0.1, 0.15) is 0 Å². The Bertz CT molecular complexity index is 665. The highest BCUT2D eigenvalue weighted by atomic mass is 16.4. The minimum atomic E-state index is -0.844. The Hall–Kier alpha value is -1.77. The molecule has 0 aliphatic rings. The Morgan fingerprint density at radius 3 is 2.45 bits per heavy atom. The Balaban J connectivity index is 2.96. The number of nitrogens with zero attached hydrogens (tertiary/aromatic N) is 1. The van der Waals surface area contributed by atoms with Crippen molar-refractivity contribution in [1.29, 1.82) is 0 Å². The SMILES string of the molecule is CCCn1c(C)c(C(C)C)c2cc(C)cc(C(=O)O)c21. The largest absolute Gasteiger partial charge is 0.478 e. The van der Waals surface area contributed by atoms with Gasteiger partial charge in [0, 0.05) is 17.6 Å². The molecule has 0 unspecified atom stereocenters. The van der Waals surface area contributed by atoms with E-state index in [1.807, 2.05) is 6.92 Å². The quantitative estimate of drug-likeness (QED) is 0.891. The summed E-state index contributed by atoms with van der Waals surface area (Å²) in [5.41, 5.74) is 4.78. The lowest BCUT2D eigenvalue weighted by atomic mass is 9.97. The van der Waals surface area contributed by atoms with Crippen LogP contribution >= 0.6 is 0 Å². The zero-order valence-electron chi connectivity index (χ0n) is 12.9. The highest BCUT2D eigenvalue weighted by Crippen LogP contribution is 2.34. The van der Waals surface area contributed by atoms with E-state index >= 15 is 0 Å². The van der Waals surface area contributed by atoms with Crippen LogP contribution in [0.25, 0.3) is 10.9 Å². The van der Waals surface area contributed by atoms with E-state index in [0.29, 0.717) is 11.5 Å². The van der Waals surface area contributed by atoms with Crippen molar-refractivity contribution in [1.82, 2.24) is 4.57 Å². The lowest BCUT2D eigenvalue weighted by molar-refractivity contribution is 0.0698. The highest BCUT2D eigenvalue weighted by molar-refractivity contribution is 6.04. The molecule has 0 aliphatic carbocycles. The van der Waals surface area contributed by atoms with Gasteiger partial charge in [0.15, 0.2) is 0 Å². The first-order valence-corrected chi connectivity index (χ1v) is 7.25. The average Bonchev–Trinajstić information content (AvgIpc) is 2.61. The smallest absolute Gasteiger partial charge is 0.337 e. The summed E-state index contributed by atoms with van der Waals surface area (Å²) in [5, 5.41) is 10.6. The van der Waals surface area contributed by atoms with Gasteiger partial charge in [0.2, 0.25) is 0 Å². The summed E-state index contributed by atoms with van der Waals surface area (Å²) in [6.07, 6.45) is 0.995. The molecule has 3 nitrogen and oxygen atoms in total. The molecule has 1 aromatic carbocycles. The predicted molar refractivity (Wildman–Crippen MR) is 82.8 cm³/mol. The normalized spacial score (nSPS) is 11.5. The summed E-state index contributed by atoms with van der Waals surface area (Å²) >= 11 is 0. The number of carboxylic acids is 1. The van der Waals surface area contributed by atoms with Gasteiger partial charge in [-0.1, -0.05) is 20.8 Å². The van der Waals surface area contributed by atoms with Crippen LogP contribution in [0.2, 0.25) is 0 Å². The summed E-state index contributed by atoms with van der Waals surface area (Å²) in [7, 11) is 0. The van der Waals surface area contributed by atoms with E-state index in [1.54, 1.807) is 6.07 Å².